The van der Waals surface area contributed by atoms with Gasteiger partial charge >= 0.3 is 0 Å². The molecule has 0 aliphatic carbocycles. The van der Waals surface area contributed by atoms with Gasteiger partial charge in [0.1, 0.15) is 11.6 Å². The number of amides is 2. The van der Waals surface area contributed by atoms with Gasteiger partial charge in [-0.25, -0.2) is 4.98 Å². The number of fused-ring (bicyclic) bond motifs is 1. The lowest BCUT2D eigenvalue weighted by Gasteiger charge is -2.32. The fourth-order valence-electron chi connectivity index (χ4n) is 3.60. The van der Waals surface area contributed by atoms with E-state index >= 15 is 0 Å². The molecule has 2 aliphatic heterocycles. The van der Waals surface area contributed by atoms with E-state index in [1.165, 1.54) is 0 Å². The van der Waals surface area contributed by atoms with Crippen LogP contribution in [0.3, 0.4) is 0 Å². The molecule has 7 heteroatoms. The third-order valence-corrected chi connectivity index (χ3v) is 4.86. The van der Waals surface area contributed by atoms with Gasteiger partial charge in [0.05, 0.1) is 13.2 Å². The van der Waals surface area contributed by atoms with Crippen LogP contribution in [0.1, 0.15) is 29.1 Å². The number of morpholine rings is 1. The summed E-state index contributed by atoms with van der Waals surface area (Å²) < 4.78 is 10.8. The summed E-state index contributed by atoms with van der Waals surface area (Å²) in [7, 11) is 0. The van der Waals surface area contributed by atoms with Crippen molar-refractivity contribution in [2.24, 2.45) is 0 Å². The Balaban J connectivity index is 1.55. The van der Waals surface area contributed by atoms with Gasteiger partial charge in [-0.2, -0.15) is 0 Å². The van der Waals surface area contributed by atoms with Crippen LogP contribution in [-0.2, 0) is 9.53 Å². The zero-order valence-electron chi connectivity index (χ0n) is 14.2. The number of rotatable bonds is 2. The van der Waals surface area contributed by atoms with Gasteiger partial charge < -0.3 is 19.0 Å². The van der Waals surface area contributed by atoms with Gasteiger partial charge in [-0.1, -0.05) is 0 Å². The van der Waals surface area contributed by atoms with Crippen LogP contribution in [0, 0.1) is 6.92 Å². The Kier molecular flexibility index (Phi) is 4.17. The molecule has 1 atom stereocenters. The number of carbonyl (C=O) groups excluding carboxylic acids is 2. The van der Waals surface area contributed by atoms with Crippen LogP contribution >= 0.6 is 0 Å². The van der Waals surface area contributed by atoms with Crippen molar-refractivity contribution in [1.29, 1.82) is 0 Å². The Labute approximate surface area is 145 Å². The van der Waals surface area contributed by atoms with Crippen LogP contribution in [0.15, 0.2) is 22.6 Å². The molecular weight excluding hydrogens is 322 g/mol. The van der Waals surface area contributed by atoms with E-state index < -0.39 is 0 Å². The number of aryl methyl sites for hydroxylation is 1. The molecular formula is C18H21N3O4. The van der Waals surface area contributed by atoms with Crippen molar-refractivity contribution in [2.45, 2.75) is 25.8 Å². The van der Waals surface area contributed by atoms with Crippen LogP contribution in [0.25, 0.3) is 11.1 Å². The van der Waals surface area contributed by atoms with Crippen molar-refractivity contribution in [3.05, 3.63) is 29.7 Å². The minimum atomic E-state index is -0.377. The molecule has 3 heterocycles. The Morgan fingerprint density at radius 2 is 2.00 bits per heavy atom. The average Bonchev–Trinajstić information content (AvgIpc) is 3.26. The molecule has 2 saturated heterocycles. The second-order valence-electron chi connectivity index (χ2n) is 6.51. The van der Waals surface area contributed by atoms with Crippen LogP contribution in [0.4, 0.5) is 0 Å². The van der Waals surface area contributed by atoms with E-state index in [0.717, 1.165) is 11.9 Å². The van der Waals surface area contributed by atoms with E-state index in [0.29, 0.717) is 56.3 Å². The molecule has 132 valence electrons. The molecule has 2 fully saturated rings. The number of hydrogen-bond acceptors (Lipinski definition) is 5. The summed E-state index contributed by atoms with van der Waals surface area (Å²) in [5, 5.41) is 0. The van der Waals surface area contributed by atoms with E-state index in [1.807, 2.05) is 4.90 Å². The predicted octanol–water partition coefficient (Wildman–Crippen LogP) is 1.60. The van der Waals surface area contributed by atoms with Crippen LogP contribution in [-0.4, -0.2) is 65.5 Å². The van der Waals surface area contributed by atoms with Crippen LogP contribution < -0.4 is 0 Å². The van der Waals surface area contributed by atoms with Crippen LogP contribution in [0.2, 0.25) is 0 Å². The number of ether oxygens (including phenoxy) is 1. The van der Waals surface area contributed by atoms with Gasteiger partial charge in [0.2, 0.25) is 5.91 Å². The minimum Gasteiger partial charge on any atom is -0.441 e. The Morgan fingerprint density at radius 1 is 1.20 bits per heavy atom. The monoisotopic (exact) mass is 343 g/mol. The summed E-state index contributed by atoms with van der Waals surface area (Å²) in [6.45, 7) is 4.70. The molecule has 7 nitrogen and oxygen atoms in total. The fourth-order valence-corrected chi connectivity index (χ4v) is 3.60. The molecule has 2 aromatic rings. The van der Waals surface area contributed by atoms with Crippen molar-refractivity contribution >= 4 is 22.9 Å². The smallest absolute Gasteiger partial charge is 0.254 e. The molecule has 1 aromatic carbocycles. The number of carbonyl (C=O) groups is 2. The highest BCUT2D eigenvalue weighted by atomic mass is 16.5. The summed E-state index contributed by atoms with van der Waals surface area (Å²) >= 11 is 0. The fraction of sp³-hybridized carbons (Fsp3) is 0.500. The van der Waals surface area contributed by atoms with Crippen molar-refractivity contribution in [1.82, 2.24) is 14.8 Å². The third kappa shape index (κ3) is 3.00. The summed E-state index contributed by atoms with van der Waals surface area (Å²) in [5.41, 5.74) is 1.86. The van der Waals surface area contributed by atoms with E-state index in [2.05, 4.69) is 4.98 Å². The number of benzene rings is 1. The van der Waals surface area contributed by atoms with Crippen molar-refractivity contribution < 1.29 is 18.7 Å². The summed E-state index contributed by atoms with van der Waals surface area (Å²) in [4.78, 5) is 33.5. The SMILES string of the molecule is Cc1nc2ccc(C(=O)N3CCC[C@H]3C(=O)N3CCOCC3)cc2o1. The molecule has 0 N–H and O–H groups in total. The first kappa shape index (κ1) is 16.1. The largest absolute Gasteiger partial charge is 0.441 e. The second-order valence-corrected chi connectivity index (χ2v) is 6.51. The molecule has 0 radical (unpaired) electrons. The van der Waals surface area contributed by atoms with Crippen LogP contribution in [0.5, 0.6) is 0 Å². The number of hydrogen-bond donors (Lipinski definition) is 0. The topological polar surface area (TPSA) is 75.9 Å². The van der Waals surface area contributed by atoms with E-state index in [-0.39, 0.29) is 17.9 Å². The number of aromatic nitrogens is 1. The molecule has 0 unspecified atom stereocenters. The molecule has 25 heavy (non-hydrogen) atoms. The Bertz CT molecular complexity index is 810. The Hall–Kier alpha value is -2.41. The van der Waals surface area contributed by atoms with Gasteiger partial charge in [0, 0.05) is 32.1 Å². The molecule has 0 bridgehead atoms. The quantitative estimate of drug-likeness (QED) is 0.828. The summed E-state index contributed by atoms with van der Waals surface area (Å²) in [6, 6.07) is 4.87. The lowest BCUT2D eigenvalue weighted by molar-refractivity contribution is -0.139. The second kappa shape index (κ2) is 6.48. The predicted molar refractivity (Wildman–Crippen MR) is 90.2 cm³/mol. The van der Waals surface area contributed by atoms with Gasteiger partial charge in [0.15, 0.2) is 11.5 Å². The maximum atomic E-state index is 13.0. The van der Waals surface area contributed by atoms with Crippen molar-refractivity contribution in [3.63, 3.8) is 0 Å². The van der Waals surface area contributed by atoms with Crippen molar-refractivity contribution in [2.75, 3.05) is 32.8 Å². The summed E-state index contributed by atoms with van der Waals surface area (Å²) in [5.74, 6) is 0.479. The number of likely N-dealkylation sites (tertiary alicyclic amines) is 1. The zero-order valence-corrected chi connectivity index (χ0v) is 14.2. The van der Waals surface area contributed by atoms with Gasteiger partial charge in [0.25, 0.3) is 5.91 Å². The first-order valence-electron chi connectivity index (χ1n) is 8.68. The normalized spacial score (nSPS) is 21.1. The zero-order chi connectivity index (χ0) is 17.4. The van der Waals surface area contributed by atoms with Gasteiger partial charge in [-0.3, -0.25) is 9.59 Å². The highest BCUT2D eigenvalue weighted by Gasteiger charge is 2.37. The standard InChI is InChI=1S/C18H21N3O4/c1-12-19-14-5-4-13(11-16(14)25-12)17(22)21-6-2-3-15(21)18(23)20-7-9-24-10-8-20/h4-5,11,15H,2-3,6-10H2,1H3/t15-/m0/s1. The van der Waals surface area contributed by atoms with Crippen molar-refractivity contribution in [3.8, 4) is 0 Å². The molecule has 0 saturated carbocycles. The van der Waals surface area contributed by atoms with Gasteiger partial charge in [-0.15, -0.1) is 0 Å². The maximum absolute atomic E-state index is 13.0. The Morgan fingerprint density at radius 3 is 2.80 bits per heavy atom. The number of nitrogens with zero attached hydrogens (tertiary/aromatic N) is 3. The molecule has 2 aliphatic rings. The lowest BCUT2D eigenvalue weighted by atomic mass is 10.1. The van der Waals surface area contributed by atoms with Gasteiger partial charge in [-0.05, 0) is 31.0 Å². The van der Waals surface area contributed by atoms with E-state index in [9.17, 15) is 9.59 Å². The maximum Gasteiger partial charge on any atom is 0.254 e. The minimum absolute atomic E-state index is 0.0331. The highest BCUT2D eigenvalue weighted by Crippen LogP contribution is 2.24. The molecule has 0 spiro atoms. The molecule has 2 amide bonds. The molecule has 1 aromatic heterocycles. The first-order valence-corrected chi connectivity index (χ1v) is 8.68. The average molecular weight is 343 g/mol. The number of oxazole rings is 1. The first-order chi connectivity index (χ1) is 12.1. The highest BCUT2D eigenvalue weighted by molar-refractivity contribution is 6.00. The third-order valence-electron chi connectivity index (χ3n) is 4.86. The lowest BCUT2D eigenvalue weighted by Crippen LogP contribution is -2.51. The van der Waals surface area contributed by atoms with E-state index in [4.69, 9.17) is 9.15 Å². The summed E-state index contributed by atoms with van der Waals surface area (Å²) in [6.07, 6.45) is 1.56. The molecule has 4 rings (SSSR count). The van der Waals surface area contributed by atoms with E-state index in [1.54, 1.807) is 30.0 Å².